The summed E-state index contributed by atoms with van der Waals surface area (Å²) < 4.78 is 0. The third-order valence-electron chi connectivity index (χ3n) is 4.54. The van der Waals surface area contributed by atoms with E-state index in [-0.39, 0.29) is 11.8 Å². The molecule has 0 radical (unpaired) electrons. The number of hydrogen-bond donors (Lipinski definition) is 1. The summed E-state index contributed by atoms with van der Waals surface area (Å²) >= 11 is 12.1. The molecule has 0 bridgehead atoms. The van der Waals surface area contributed by atoms with Crippen LogP contribution in [0, 0.1) is 0 Å². The Balaban J connectivity index is 1.68. The normalized spacial score (nSPS) is 14.0. The fraction of sp³-hybridized carbons (Fsp3) is 0.100. The zero-order valence-corrected chi connectivity index (χ0v) is 15.3. The van der Waals surface area contributed by atoms with Crippen LogP contribution in [0.15, 0.2) is 54.6 Å². The minimum absolute atomic E-state index is 0.184. The van der Waals surface area contributed by atoms with Crippen molar-refractivity contribution in [3.05, 3.63) is 70.2 Å². The molecular formula is C20H14Cl2N2O2. The standard InChI is InChI=1S/C20H14Cl2N2O2/c1-11(19(25)23-16-10-13(21)8-9-15(16)22)24-17-7-3-5-12-4-2-6-14(18(12)17)20(24)26/h2-11H,1H3,(H,23,25)/t11-/m1/s1. The fourth-order valence-corrected chi connectivity index (χ4v) is 3.61. The number of amides is 2. The minimum atomic E-state index is -0.712. The molecule has 1 aliphatic heterocycles. The maximum Gasteiger partial charge on any atom is 0.259 e. The van der Waals surface area contributed by atoms with Gasteiger partial charge in [-0.25, -0.2) is 0 Å². The number of anilines is 2. The smallest absolute Gasteiger partial charge is 0.259 e. The predicted molar refractivity (Wildman–Crippen MR) is 105 cm³/mol. The molecule has 3 aromatic rings. The van der Waals surface area contributed by atoms with Crippen LogP contribution in [0.1, 0.15) is 17.3 Å². The minimum Gasteiger partial charge on any atom is -0.323 e. The van der Waals surface area contributed by atoms with E-state index in [2.05, 4.69) is 5.32 Å². The summed E-state index contributed by atoms with van der Waals surface area (Å²) in [5.74, 6) is -0.524. The van der Waals surface area contributed by atoms with Crippen LogP contribution in [0.5, 0.6) is 0 Å². The van der Waals surface area contributed by atoms with Gasteiger partial charge >= 0.3 is 0 Å². The highest BCUT2D eigenvalue weighted by molar-refractivity contribution is 6.36. The molecule has 1 aliphatic rings. The van der Waals surface area contributed by atoms with Gasteiger partial charge in [0, 0.05) is 16.0 Å². The number of carbonyl (C=O) groups excluding carboxylic acids is 2. The van der Waals surface area contributed by atoms with Gasteiger partial charge in [0.15, 0.2) is 0 Å². The molecule has 0 spiro atoms. The largest absolute Gasteiger partial charge is 0.323 e. The molecule has 130 valence electrons. The lowest BCUT2D eigenvalue weighted by Crippen LogP contribution is -2.44. The molecule has 0 saturated heterocycles. The van der Waals surface area contributed by atoms with Gasteiger partial charge in [0.1, 0.15) is 6.04 Å². The molecule has 2 amide bonds. The molecule has 0 fully saturated rings. The average molecular weight is 385 g/mol. The van der Waals surface area contributed by atoms with E-state index in [1.165, 1.54) is 4.90 Å². The Kier molecular flexibility index (Phi) is 4.10. The number of benzene rings is 3. The molecule has 0 saturated carbocycles. The van der Waals surface area contributed by atoms with Crippen LogP contribution in [-0.2, 0) is 4.79 Å². The summed E-state index contributed by atoms with van der Waals surface area (Å²) in [6.07, 6.45) is 0. The summed E-state index contributed by atoms with van der Waals surface area (Å²) in [7, 11) is 0. The maximum absolute atomic E-state index is 12.9. The third-order valence-corrected chi connectivity index (χ3v) is 5.11. The van der Waals surface area contributed by atoms with Crippen molar-refractivity contribution in [2.45, 2.75) is 13.0 Å². The van der Waals surface area contributed by atoms with E-state index < -0.39 is 6.04 Å². The van der Waals surface area contributed by atoms with Gasteiger partial charge < -0.3 is 5.32 Å². The highest BCUT2D eigenvalue weighted by atomic mass is 35.5. The van der Waals surface area contributed by atoms with Gasteiger partial charge in [0.25, 0.3) is 5.91 Å². The van der Waals surface area contributed by atoms with Gasteiger partial charge in [-0.1, -0.05) is 47.5 Å². The van der Waals surface area contributed by atoms with Gasteiger partial charge in [-0.05, 0) is 42.6 Å². The van der Waals surface area contributed by atoms with Gasteiger partial charge in [0.2, 0.25) is 5.91 Å². The van der Waals surface area contributed by atoms with Crippen molar-refractivity contribution in [1.82, 2.24) is 0 Å². The van der Waals surface area contributed by atoms with E-state index in [1.807, 2.05) is 30.3 Å². The Morgan fingerprint density at radius 2 is 1.81 bits per heavy atom. The van der Waals surface area contributed by atoms with E-state index in [4.69, 9.17) is 23.2 Å². The van der Waals surface area contributed by atoms with Gasteiger partial charge in [-0.15, -0.1) is 0 Å². The summed E-state index contributed by atoms with van der Waals surface area (Å²) in [5, 5.41) is 5.45. The number of hydrogen-bond acceptors (Lipinski definition) is 2. The lowest BCUT2D eigenvalue weighted by molar-refractivity contribution is -0.117. The fourth-order valence-electron chi connectivity index (χ4n) is 3.27. The first-order chi connectivity index (χ1) is 12.5. The van der Waals surface area contributed by atoms with Gasteiger partial charge in [0.05, 0.1) is 16.4 Å². The summed E-state index contributed by atoms with van der Waals surface area (Å²) in [5.41, 5.74) is 1.76. The molecular weight excluding hydrogens is 371 g/mol. The second-order valence-electron chi connectivity index (χ2n) is 6.15. The second kappa shape index (κ2) is 6.31. The van der Waals surface area contributed by atoms with E-state index in [0.29, 0.717) is 21.3 Å². The molecule has 6 heteroatoms. The Bertz CT molecular complexity index is 1060. The lowest BCUT2D eigenvalue weighted by Gasteiger charge is -2.25. The summed E-state index contributed by atoms with van der Waals surface area (Å²) in [6.45, 7) is 1.69. The number of nitrogens with one attached hydrogen (secondary N) is 1. The topological polar surface area (TPSA) is 49.4 Å². The van der Waals surface area contributed by atoms with Crippen molar-refractivity contribution < 1.29 is 9.59 Å². The van der Waals surface area contributed by atoms with Crippen LogP contribution < -0.4 is 10.2 Å². The van der Waals surface area contributed by atoms with Crippen molar-refractivity contribution in [2.75, 3.05) is 10.2 Å². The van der Waals surface area contributed by atoms with E-state index >= 15 is 0 Å². The molecule has 4 nitrogen and oxygen atoms in total. The van der Waals surface area contributed by atoms with Crippen LogP contribution in [0.4, 0.5) is 11.4 Å². The Hall–Kier alpha value is -2.56. The second-order valence-corrected chi connectivity index (χ2v) is 6.99. The number of rotatable bonds is 3. The summed E-state index contributed by atoms with van der Waals surface area (Å²) in [4.78, 5) is 27.2. The number of nitrogens with zero attached hydrogens (tertiary/aromatic N) is 1. The number of halogens is 2. The molecule has 1 atom stereocenters. The van der Waals surface area contributed by atoms with Crippen molar-refractivity contribution >= 4 is 57.2 Å². The molecule has 3 aromatic carbocycles. The number of carbonyl (C=O) groups is 2. The average Bonchev–Trinajstić information content (AvgIpc) is 2.92. The highest BCUT2D eigenvalue weighted by Gasteiger charge is 2.35. The van der Waals surface area contributed by atoms with Crippen LogP contribution in [0.3, 0.4) is 0 Å². The lowest BCUT2D eigenvalue weighted by atomic mass is 10.1. The van der Waals surface area contributed by atoms with Crippen molar-refractivity contribution in [1.29, 1.82) is 0 Å². The Labute approximate surface area is 160 Å². The summed E-state index contributed by atoms with van der Waals surface area (Å²) in [6, 6.07) is 15.4. The van der Waals surface area contributed by atoms with E-state index in [1.54, 1.807) is 31.2 Å². The molecule has 4 rings (SSSR count). The van der Waals surface area contributed by atoms with Crippen LogP contribution >= 0.6 is 23.2 Å². The molecule has 26 heavy (non-hydrogen) atoms. The molecule has 1 N–H and O–H groups in total. The Morgan fingerprint density at radius 1 is 1.08 bits per heavy atom. The van der Waals surface area contributed by atoms with Crippen molar-refractivity contribution in [3.8, 4) is 0 Å². The van der Waals surface area contributed by atoms with E-state index in [0.717, 1.165) is 16.5 Å². The first kappa shape index (κ1) is 16.9. The molecule has 0 unspecified atom stereocenters. The first-order valence-corrected chi connectivity index (χ1v) is 8.84. The predicted octanol–water partition coefficient (Wildman–Crippen LogP) is 5.13. The van der Waals surface area contributed by atoms with Crippen LogP contribution in [0.25, 0.3) is 10.8 Å². The van der Waals surface area contributed by atoms with Crippen LogP contribution in [0.2, 0.25) is 10.0 Å². The first-order valence-electron chi connectivity index (χ1n) is 8.08. The molecule has 0 aliphatic carbocycles. The quantitative estimate of drug-likeness (QED) is 0.679. The van der Waals surface area contributed by atoms with Gasteiger partial charge in [-0.2, -0.15) is 0 Å². The highest BCUT2D eigenvalue weighted by Crippen LogP contribution is 2.38. The zero-order chi connectivity index (χ0) is 18.4. The third kappa shape index (κ3) is 2.62. The van der Waals surface area contributed by atoms with Gasteiger partial charge in [-0.3, -0.25) is 14.5 Å². The van der Waals surface area contributed by atoms with Crippen molar-refractivity contribution in [3.63, 3.8) is 0 Å². The monoisotopic (exact) mass is 384 g/mol. The van der Waals surface area contributed by atoms with Crippen LogP contribution in [-0.4, -0.2) is 17.9 Å². The molecule has 1 heterocycles. The Morgan fingerprint density at radius 3 is 2.58 bits per heavy atom. The maximum atomic E-state index is 12.9. The van der Waals surface area contributed by atoms with Crippen molar-refractivity contribution in [2.24, 2.45) is 0 Å². The molecule has 0 aromatic heterocycles. The zero-order valence-electron chi connectivity index (χ0n) is 13.8. The SMILES string of the molecule is C[C@H](C(=O)Nc1cc(Cl)ccc1Cl)N1C(=O)c2cccc3cccc1c23. The van der Waals surface area contributed by atoms with E-state index in [9.17, 15) is 9.59 Å².